The molecule has 2 unspecified atom stereocenters. The van der Waals surface area contributed by atoms with Gasteiger partial charge in [0.05, 0.1) is 13.2 Å². The van der Waals surface area contributed by atoms with E-state index in [-0.39, 0.29) is 18.0 Å². The molecule has 0 radical (unpaired) electrons. The Balaban J connectivity index is 3.52. The molecular formula is C11H24N2O2. The second-order valence-electron chi connectivity index (χ2n) is 3.82. The summed E-state index contributed by atoms with van der Waals surface area (Å²) in [6.45, 7) is 9.74. The Morgan fingerprint density at radius 2 is 1.93 bits per heavy atom. The van der Waals surface area contributed by atoms with Gasteiger partial charge in [-0.3, -0.25) is 4.79 Å². The molecule has 2 N–H and O–H groups in total. The largest absolute Gasteiger partial charge is 0.380 e. The van der Waals surface area contributed by atoms with Gasteiger partial charge in [-0.05, 0) is 27.2 Å². The fourth-order valence-corrected chi connectivity index (χ4v) is 1.05. The van der Waals surface area contributed by atoms with Crippen molar-refractivity contribution < 1.29 is 9.53 Å². The predicted octanol–water partition coefficient (Wildman–Crippen LogP) is 0.916. The lowest BCUT2D eigenvalue weighted by molar-refractivity contribution is -0.121. The number of rotatable bonds is 8. The second kappa shape index (κ2) is 8.68. The minimum atomic E-state index is 0.0488. The van der Waals surface area contributed by atoms with E-state index >= 15 is 0 Å². The SMILES string of the molecule is CCOCC(C)NCC(=O)NC(C)CC. The van der Waals surface area contributed by atoms with Crippen LogP contribution in [-0.2, 0) is 9.53 Å². The Labute approximate surface area is 92.8 Å². The van der Waals surface area contributed by atoms with E-state index in [0.29, 0.717) is 19.8 Å². The van der Waals surface area contributed by atoms with E-state index < -0.39 is 0 Å². The lowest BCUT2D eigenvalue weighted by Gasteiger charge is -2.15. The van der Waals surface area contributed by atoms with Crippen molar-refractivity contribution in [1.82, 2.24) is 10.6 Å². The van der Waals surface area contributed by atoms with Gasteiger partial charge in [-0.25, -0.2) is 0 Å². The van der Waals surface area contributed by atoms with E-state index in [2.05, 4.69) is 17.6 Å². The molecule has 0 spiro atoms. The van der Waals surface area contributed by atoms with Crippen LogP contribution >= 0.6 is 0 Å². The fourth-order valence-electron chi connectivity index (χ4n) is 1.05. The third kappa shape index (κ3) is 8.39. The number of carbonyl (C=O) groups excluding carboxylic acids is 1. The van der Waals surface area contributed by atoms with Crippen LogP contribution in [0.25, 0.3) is 0 Å². The van der Waals surface area contributed by atoms with Crippen LogP contribution in [0.5, 0.6) is 0 Å². The van der Waals surface area contributed by atoms with Gasteiger partial charge in [0.1, 0.15) is 0 Å². The van der Waals surface area contributed by atoms with E-state index in [1.807, 2.05) is 20.8 Å². The zero-order valence-electron chi connectivity index (χ0n) is 10.3. The Hall–Kier alpha value is -0.610. The molecule has 0 heterocycles. The molecule has 0 aromatic heterocycles. The van der Waals surface area contributed by atoms with Crippen LogP contribution in [0, 0.1) is 0 Å². The molecule has 0 fully saturated rings. The summed E-state index contributed by atoms with van der Waals surface area (Å²) in [6, 6.07) is 0.467. The fraction of sp³-hybridized carbons (Fsp3) is 0.909. The number of hydrogen-bond acceptors (Lipinski definition) is 3. The van der Waals surface area contributed by atoms with Crippen LogP contribution in [0.2, 0.25) is 0 Å². The number of carbonyl (C=O) groups is 1. The summed E-state index contributed by atoms with van der Waals surface area (Å²) in [4.78, 5) is 11.4. The molecule has 1 amide bonds. The Morgan fingerprint density at radius 3 is 2.47 bits per heavy atom. The molecule has 4 nitrogen and oxygen atoms in total. The van der Waals surface area contributed by atoms with Gasteiger partial charge in [-0.15, -0.1) is 0 Å². The molecule has 0 bridgehead atoms. The molecule has 0 aliphatic rings. The van der Waals surface area contributed by atoms with E-state index in [4.69, 9.17) is 4.74 Å². The van der Waals surface area contributed by atoms with E-state index in [1.54, 1.807) is 0 Å². The first-order valence-electron chi connectivity index (χ1n) is 5.70. The minimum Gasteiger partial charge on any atom is -0.380 e. The van der Waals surface area contributed by atoms with Crippen molar-refractivity contribution in [3.05, 3.63) is 0 Å². The number of ether oxygens (including phenoxy) is 1. The lowest BCUT2D eigenvalue weighted by atomic mass is 10.2. The molecule has 0 saturated heterocycles. The highest BCUT2D eigenvalue weighted by Crippen LogP contribution is 1.87. The van der Waals surface area contributed by atoms with Crippen LogP contribution in [0.15, 0.2) is 0 Å². The first-order valence-corrected chi connectivity index (χ1v) is 5.70. The Kier molecular flexibility index (Phi) is 8.33. The van der Waals surface area contributed by atoms with Crippen LogP contribution in [0.1, 0.15) is 34.1 Å². The number of hydrogen-bond donors (Lipinski definition) is 2. The van der Waals surface area contributed by atoms with Crippen molar-refractivity contribution >= 4 is 5.91 Å². The maximum absolute atomic E-state index is 11.4. The summed E-state index contributed by atoms with van der Waals surface area (Å²) in [5.41, 5.74) is 0. The van der Waals surface area contributed by atoms with Crippen molar-refractivity contribution in [3.8, 4) is 0 Å². The minimum absolute atomic E-state index is 0.0488. The highest BCUT2D eigenvalue weighted by molar-refractivity contribution is 5.78. The molecule has 0 saturated carbocycles. The third-order valence-electron chi connectivity index (χ3n) is 2.20. The second-order valence-corrected chi connectivity index (χ2v) is 3.82. The van der Waals surface area contributed by atoms with Crippen molar-refractivity contribution in [1.29, 1.82) is 0 Å². The van der Waals surface area contributed by atoms with Gasteiger partial charge in [0.2, 0.25) is 5.91 Å². The first kappa shape index (κ1) is 14.4. The molecule has 0 aliphatic heterocycles. The molecule has 90 valence electrons. The molecule has 2 atom stereocenters. The molecule has 0 aromatic rings. The van der Waals surface area contributed by atoms with Crippen molar-refractivity contribution in [3.63, 3.8) is 0 Å². The zero-order valence-corrected chi connectivity index (χ0v) is 10.3. The van der Waals surface area contributed by atoms with Crippen LogP contribution < -0.4 is 10.6 Å². The summed E-state index contributed by atoms with van der Waals surface area (Å²) in [6.07, 6.45) is 0.959. The van der Waals surface area contributed by atoms with Crippen molar-refractivity contribution in [2.45, 2.75) is 46.2 Å². The standard InChI is InChI=1S/C11H24N2O2/c1-5-9(3)13-11(14)7-12-10(4)8-15-6-2/h9-10,12H,5-8H2,1-4H3,(H,13,14). The maximum atomic E-state index is 11.4. The zero-order chi connectivity index (χ0) is 11.7. The van der Waals surface area contributed by atoms with Gasteiger partial charge >= 0.3 is 0 Å². The van der Waals surface area contributed by atoms with Crippen molar-refractivity contribution in [2.75, 3.05) is 19.8 Å². The molecule has 0 aromatic carbocycles. The lowest BCUT2D eigenvalue weighted by Crippen LogP contribution is -2.42. The predicted molar refractivity (Wildman–Crippen MR) is 61.9 cm³/mol. The van der Waals surface area contributed by atoms with E-state index in [9.17, 15) is 4.79 Å². The quantitative estimate of drug-likeness (QED) is 0.634. The molecule has 0 rings (SSSR count). The summed E-state index contributed by atoms with van der Waals surface area (Å²) in [7, 11) is 0. The average molecular weight is 216 g/mol. The highest BCUT2D eigenvalue weighted by atomic mass is 16.5. The van der Waals surface area contributed by atoms with Crippen LogP contribution in [0.4, 0.5) is 0 Å². The van der Waals surface area contributed by atoms with Gasteiger partial charge in [0.25, 0.3) is 0 Å². The molecule has 0 aliphatic carbocycles. The van der Waals surface area contributed by atoms with Gasteiger partial charge < -0.3 is 15.4 Å². The summed E-state index contributed by atoms with van der Waals surface area (Å²) < 4.78 is 5.24. The topological polar surface area (TPSA) is 50.4 Å². The van der Waals surface area contributed by atoms with Gasteiger partial charge in [-0.2, -0.15) is 0 Å². The number of nitrogens with one attached hydrogen (secondary N) is 2. The molecule has 4 heteroatoms. The van der Waals surface area contributed by atoms with Gasteiger partial charge in [0.15, 0.2) is 0 Å². The first-order chi connectivity index (χ1) is 7.10. The Morgan fingerprint density at radius 1 is 1.27 bits per heavy atom. The maximum Gasteiger partial charge on any atom is 0.234 e. The summed E-state index contributed by atoms with van der Waals surface area (Å²) >= 11 is 0. The third-order valence-corrected chi connectivity index (χ3v) is 2.20. The van der Waals surface area contributed by atoms with Crippen molar-refractivity contribution in [2.24, 2.45) is 0 Å². The molecule has 15 heavy (non-hydrogen) atoms. The number of amides is 1. The monoisotopic (exact) mass is 216 g/mol. The van der Waals surface area contributed by atoms with Gasteiger partial charge in [0, 0.05) is 18.7 Å². The van der Waals surface area contributed by atoms with Crippen LogP contribution in [0.3, 0.4) is 0 Å². The van der Waals surface area contributed by atoms with E-state index in [0.717, 1.165) is 6.42 Å². The molecular weight excluding hydrogens is 192 g/mol. The summed E-state index contributed by atoms with van der Waals surface area (Å²) in [5, 5.41) is 6.01. The van der Waals surface area contributed by atoms with Gasteiger partial charge in [-0.1, -0.05) is 6.92 Å². The smallest absolute Gasteiger partial charge is 0.234 e. The normalized spacial score (nSPS) is 14.7. The Bertz CT molecular complexity index is 174. The highest BCUT2D eigenvalue weighted by Gasteiger charge is 2.07. The summed E-state index contributed by atoms with van der Waals surface area (Å²) in [5.74, 6) is 0.0488. The van der Waals surface area contributed by atoms with E-state index in [1.165, 1.54) is 0 Å². The average Bonchev–Trinajstić information content (AvgIpc) is 2.23. The van der Waals surface area contributed by atoms with Crippen LogP contribution in [-0.4, -0.2) is 37.7 Å².